The average Bonchev–Trinajstić information content (AvgIpc) is 2.96. The summed E-state index contributed by atoms with van der Waals surface area (Å²) in [5, 5.41) is 21.1. The Labute approximate surface area is 163 Å². The van der Waals surface area contributed by atoms with Gasteiger partial charge in [0, 0.05) is 0 Å². The summed E-state index contributed by atoms with van der Waals surface area (Å²) in [5.41, 5.74) is -0.339. The number of aliphatic carboxylic acids is 1. The molecule has 1 N–H and O–H groups in total. The third-order valence-corrected chi connectivity index (χ3v) is 4.75. The molecule has 0 saturated heterocycles. The van der Waals surface area contributed by atoms with Gasteiger partial charge >= 0.3 is 5.97 Å². The van der Waals surface area contributed by atoms with E-state index in [4.69, 9.17) is 9.47 Å². The van der Waals surface area contributed by atoms with E-state index in [-0.39, 0.29) is 41.4 Å². The Morgan fingerprint density at radius 3 is 2.17 bits per heavy atom. The van der Waals surface area contributed by atoms with Gasteiger partial charge in [-0.25, -0.2) is 0 Å². The number of imide groups is 1. The van der Waals surface area contributed by atoms with E-state index in [1.54, 1.807) is 12.1 Å². The van der Waals surface area contributed by atoms with Gasteiger partial charge in [-0.05, 0) is 18.2 Å². The van der Waals surface area contributed by atoms with Crippen molar-refractivity contribution in [1.29, 1.82) is 0 Å². The number of fused-ring (bicyclic) bond motifs is 2. The van der Waals surface area contributed by atoms with E-state index in [0.717, 1.165) is 11.0 Å². The van der Waals surface area contributed by atoms with E-state index in [1.807, 2.05) is 0 Å². The SMILES string of the molecule is O=C(O)CC(c1cc2c(cc1[N+](=O)[O-])OCCO2)N1C(=O)c2ccccc2C1=O. The van der Waals surface area contributed by atoms with Crippen LogP contribution in [-0.2, 0) is 4.79 Å². The van der Waals surface area contributed by atoms with Crippen LogP contribution in [0, 0.1) is 10.1 Å². The fraction of sp³-hybridized carbons (Fsp3) is 0.211. The summed E-state index contributed by atoms with van der Waals surface area (Å²) in [6, 6.07) is 7.05. The molecule has 0 bridgehead atoms. The number of benzene rings is 2. The van der Waals surface area contributed by atoms with Crippen LogP contribution in [0.25, 0.3) is 0 Å². The van der Waals surface area contributed by atoms with Gasteiger partial charge in [-0.3, -0.25) is 29.4 Å². The Morgan fingerprint density at radius 2 is 1.66 bits per heavy atom. The van der Waals surface area contributed by atoms with Gasteiger partial charge in [-0.1, -0.05) is 12.1 Å². The second kappa shape index (κ2) is 6.89. The topological polar surface area (TPSA) is 136 Å². The summed E-state index contributed by atoms with van der Waals surface area (Å²) >= 11 is 0. The first-order chi connectivity index (χ1) is 13.9. The molecule has 4 rings (SSSR count). The number of carboxylic acids is 1. The number of hydrogen-bond acceptors (Lipinski definition) is 7. The Hall–Kier alpha value is -3.95. The lowest BCUT2D eigenvalue weighted by Gasteiger charge is -2.27. The zero-order valence-corrected chi connectivity index (χ0v) is 14.9. The molecule has 2 aromatic rings. The third kappa shape index (κ3) is 3.04. The minimum absolute atomic E-state index is 0.115. The average molecular weight is 398 g/mol. The standard InChI is InChI=1S/C19H14N2O8/c22-17(23)9-13(20-18(24)10-3-1-2-4-11(10)19(20)25)12-7-15-16(29-6-5-28-15)8-14(12)21(26)27/h1-4,7-8,13H,5-6,9H2,(H,22,23). The molecule has 0 radical (unpaired) electrons. The zero-order valence-electron chi connectivity index (χ0n) is 14.9. The summed E-state index contributed by atoms with van der Waals surface area (Å²) in [6.45, 7) is 0.418. The molecule has 10 heteroatoms. The number of nitrogens with zero attached hydrogens (tertiary/aromatic N) is 2. The highest BCUT2D eigenvalue weighted by atomic mass is 16.6. The van der Waals surface area contributed by atoms with Crippen LogP contribution in [0.15, 0.2) is 36.4 Å². The summed E-state index contributed by atoms with van der Waals surface area (Å²) < 4.78 is 10.8. The van der Waals surface area contributed by atoms with Crippen LogP contribution in [0.3, 0.4) is 0 Å². The first kappa shape index (κ1) is 18.4. The highest BCUT2D eigenvalue weighted by molar-refractivity contribution is 6.21. The van der Waals surface area contributed by atoms with E-state index in [0.29, 0.717) is 0 Å². The van der Waals surface area contributed by atoms with Gasteiger partial charge in [0.1, 0.15) is 13.2 Å². The molecule has 0 aliphatic carbocycles. The van der Waals surface area contributed by atoms with Gasteiger partial charge in [0.05, 0.1) is 40.1 Å². The van der Waals surface area contributed by atoms with Crippen LogP contribution in [0.2, 0.25) is 0 Å². The fourth-order valence-corrected chi connectivity index (χ4v) is 3.52. The number of amides is 2. The molecule has 2 aliphatic heterocycles. The third-order valence-electron chi connectivity index (χ3n) is 4.75. The van der Waals surface area contributed by atoms with Gasteiger partial charge in [-0.2, -0.15) is 0 Å². The van der Waals surface area contributed by atoms with Crippen molar-refractivity contribution in [3.8, 4) is 11.5 Å². The predicted octanol–water partition coefficient (Wildman–Crippen LogP) is 2.18. The maximum Gasteiger partial charge on any atom is 0.305 e. The molecule has 1 atom stereocenters. The molecule has 1 unspecified atom stereocenters. The van der Waals surface area contributed by atoms with Gasteiger partial charge in [0.15, 0.2) is 11.5 Å². The lowest BCUT2D eigenvalue weighted by atomic mass is 9.99. The number of rotatable bonds is 5. The molecular formula is C19H14N2O8. The van der Waals surface area contributed by atoms with E-state index in [1.165, 1.54) is 18.2 Å². The molecule has 29 heavy (non-hydrogen) atoms. The summed E-state index contributed by atoms with van der Waals surface area (Å²) in [6.07, 6.45) is -0.702. The smallest absolute Gasteiger partial charge is 0.305 e. The van der Waals surface area contributed by atoms with Crippen molar-refractivity contribution in [2.75, 3.05) is 13.2 Å². The highest BCUT2D eigenvalue weighted by Crippen LogP contribution is 2.43. The van der Waals surface area contributed by atoms with Crippen LogP contribution >= 0.6 is 0 Å². The monoisotopic (exact) mass is 398 g/mol. The number of nitro benzene ring substituents is 1. The Balaban J connectivity index is 1.87. The van der Waals surface area contributed by atoms with Crippen molar-refractivity contribution in [2.45, 2.75) is 12.5 Å². The molecule has 2 aliphatic rings. The van der Waals surface area contributed by atoms with Gasteiger partial charge < -0.3 is 14.6 Å². The van der Waals surface area contributed by atoms with Crippen LogP contribution in [0.1, 0.15) is 38.7 Å². The van der Waals surface area contributed by atoms with Crippen LogP contribution in [0.5, 0.6) is 11.5 Å². The van der Waals surface area contributed by atoms with Crippen LogP contribution < -0.4 is 9.47 Å². The minimum Gasteiger partial charge on any atom is -0.486 e. The number of nitro groups is 1. The Kier molecular flexibility index (Phi) is 4.38. The van der Waals surface area contributed by atoms with E-state index in [2.05, 4.69) is 0 Å². The lowest BCUT2D eigenvalue weighted by molar-refractivity contribution is -0.386. The molecule has 2 heterocycles. The van der Waals surface area contributed by atoms with Crippen molar-refractivity contribution in [3.63, 3.8) is 0 Å². The lowest BCUT2D eigenvalue weighted by Crippen LogP contribution is -2.35. The second-order valence-corrected chi connectivity index (χ2v) is 6.45. The quantitative estimate of drug-likeness (QED) is 0.460. The minimum atomic E-state index is -1.39. The highest BCUT2D eigenvalue weighted by Gasteiger charge is 2.43. The van der Waals surface area contributed by atoms with Crippen molar-refractivity contribution >= 4 is 23.5 Å². The van der Waals surface area contributed by atoms with E-state index < -0.39 is 40.9 Å². The normalized spacial score (nSPS) is 15.8. The van der Waals surface area contributed by atoms with Gasteiger partial charge in [0.25, 0.3) is 17.5 Å². The molecule has 0 fully saturated rings. The largest absolute Gasteiger partial charge is 0.486 e. The first-order valence-corrected chi connectivity index (χ1v) is 8.65. The van der Waals surface area contributed by atoms with Crippen LogP contribution in [-0.4, -0.2) is 45.9 Å². The Morgan fingerprint density at radius 1 is 1.10 bits per heavy atom. The summed E-state index contributed by atoms with van der Waals surface area (Å²) in [5.74, 6) is -2.41. The van der Waals surface area contributed by atoms with Gasteiger partial charge in [-0.15, -0.1) is 0 Å². The van der Waals surface area contributed by atoms with E-state index in [9.17, 15) is 29.6 Å². The van der Waals surface area contributed by atoms with Crippen molar-refractivity contribution in [3.05, 3.63) is 63.2 Å². The molecule has 0 saturated carbocycles. The fourth-order valence-electron chi connectivity index (χ4n) is 3.52. The molecule has 2 aromatic carbocycles. The number of carbonyl (C=O) groups excluding carboxylic acids is 2. The van der Waals surface area contributed by atoms with Crippen molar-refractivity contribution < 1.29 is 33.9 Å². The van der Waals surface area contributed by atoms with Crippen molar-refractivity contribution in [1.82, 2.24) is 4.90 Å². The summed E-state index contributed by atoms with van der Waals surface area (Å²) in [7, 11) is 0. The maximum absolute atomic E-state index is 12.9. The number of carbonyl (C=O) groups is 3. The number of hydrogen-bond donors (Lipinski definition) is 1. The number of ether oxygens (including phenoxy) is 2. The van der Waals surface area contributed by atoms with Gasteiger partial charge in [0.2, 0.25) is 0 Å². The van der Waals surface area contributed by atoms with Crippen molar-refractivity contribution in [2.24, 2.45) is 0 Å². The molecule has 0 spiro atoms. The molecule has 0 aromatic heterocycles. The maximum atomic E-state index is 12.9. The number of carboxylic acid groups (broad SMARTS) is 1. The molecule has 2 amide bonds. The second-order valence-electron chi connectivity index (χ2n) is 6.45. The zero-order chi connectivity index (χ0) is 20.7. The molecule has 10 nitrogen and oxygen atoms in total. The van der Waals surface area contributed by atoms with E-state index >= 15 is 0 Å². The van der Waals surface area contributed by atoms with Crippen LogP contribution in [0.4, 0.5) is 5.69 Å². The predicted molar refractivity (Wildman–Crippen MR) is 96.0 cm³/mol. The first-order valence-electron chi connectivity index (χ1n) is 8.65. The summed E-state index contributed by atoms with van der Waals surface area (Å²) in [4.78, 5) is 49.0. The Bertz CT molecular complexity index is 1030. The molecule has 148 valence electrons. The molecular weight excluding hydrogens is 384 g/mol.